The maximum atomic E-state index is 12.2. The molecule has 0 aliphatic carbocycles. The second-order valence-electron chi connectivity index (χ2n) is 5.18. The highest BCUT2D eigenvalue weighted by molar-refractivity contribution is 6.04. The minimum absolute atomic E-state index is 0.0582. The molecular formula is C15H21N3O3. The number of nitrogens with one attached hydrogen (secondary N) is 2. The van der Waals surface area contributed by atoms with E-state index < -0.39 is 6.10 Å². The predicted molar refractivity (Wildman–Crippen MR) is 80.1 cm³/mol. The Morgan fingerprint density at radius 1 is 1.38 bits per heavy atom. The zero-order chi connectivity index (χ0) is 15.4. The number of ether oxygens (including phenoxy) is 1. The van der Waals surface area contributed by atoms with Crippen molar-refractivity contribution in [2.24, 2.45) is 5.73 Å². The molecule has 0 bridgehead atoms. The van der Waals surface area contributed by atoms with Gasteiger partial charge in [-0.05, 0) is 31.9 Å². The van der Waals surface area contributed by atoms with Crippen LogP contribution in [0.4, 0.5) is 5.69 Å². The lowest BCUT2D eigenvalue weighted by molar-refractivity contribution is -0.126. The number of aryl methyl sites for hydroxylation is 1. The predicted octanol–water partition coefficient (Wildman–Crippen LogP) is 0.799. The molecular weight excluding hydrogens is 270 g/mol. The smallest absolute Gasteiger partial charge is 0.253 e. The third-order valence-electron chi connectivity index (χ3n) is 3.57. The summed E-state index contributed by atoms with van der Waals surface area (Å²) in [6, 6.07) is 5.32. The second kappa shape index (κ2) is 6.69. The number of hydrogen-bond acceptors (Lipinski definition) is 4. The van der Waals surface area contributed by atoms with Crippen LogP contribution < -0.4 is 16.4 Å². The Hall–Kier alpha value is -1.92. The van der Waals surface area contributed by atoms with Crippen LogP contribution in [0.25, 0.3) is 0 Å². The van der Waals surface area contributed by atoms with Crippen LogP contribution in [0.2, 0.25) is 0 Å². The van der Waals surface area contributed by atoms with E-state index in [1.807, 2.05) is 13.0 Å². The van der Waals surface area contributed by atoms with Crippen LogP contribution in [0, 0.1) is 6.92 Å². The van der Waals surface area contributed by atoms with Crippen molar-refractivity contribution < 1.29 is 14.3 Å². The van der Waals surface area contributed by atoms with Crippen LogP contribution in [-0.4, -0.2) is 37.6 Å². The molecule has 1 aliphatic heterocycles. The van der Waals surface area contributed by atoms with Crippen molar-refractivity contribution in [1.29, 1.82) is 0 Å². The maximum Gasteiger partial charge on any atom is 0.253 e. The highest BCUT2D eigenvalue weighted by Gasteiger charge is 2.30. The summed E-state index contributed by atoms with van der Waals surface area (Å²) in [5.41, 5.74) is 7.42. The number of rotatable bonds is 4. The summed E-state index contributed by atoms with van der Waals surface area (Å²) in [7, 11) is 1.56. The van der Waals surface area contributed by atoms with Gasteiger partial charge in [-0.25, -0.2) is 0 Å². The van der Waals surface area contributed by atoms with Gasteiger partial charge in [-0.1, -0.05) is 11.6 Å². The van der Waals surface area contributed by atoms with Gasteiger partial charge in [0.15, 0.2) is 0 Å². The van der Waals surface area contributed by atoms with Crippen molar-refractivity contribution in [3.63, 3.8) is 0 Å². The number of carbonyl (C=O) groups is 2. The first kappa shape index (κ1) is 15.5. The molecule has 1 aliphatic rings. The van der Waals surface area contributed by atoms with E-state index in [0.717, 1.165) is 12.0 Å². The van der Waals surface area contributed by atoms with E-state index in [4.69, 9.17) is 10.5 Å². The number of amides is 2. The average molecular weight is 291 g/mol. The summed E-state index contributed by atoms with van der Waals surface area (Å²) in [4.78, 5) is 24.1. The number of carbonyl (C=O) groups excluding carboxylic acids is 2. The number of hydrogen-bond donors (Lipinski definition) is 3. The minimum Gasteiger partial charge on any atom is -0.364 e. The lowest BCUT2D eigenvalue weighted by Crippen LogP contribution is -2.31. The molecule has 6 heteroatoms. The third-order valence-corrected chi connectivity index (χ3v) is 3.57. The molecule has 1 fully saturated rings. The lowest BCUT2D eigenvalue weighted by atomic mass is 10.1. The Morgan fingerprint density at radius 3 is 2.76 bits per heavy atom. The van der Waals surface area contributed by atoms with Crippen LogP contribution in [-0.2, 0) is 9.53 Å². The maximum absolute atomic E-state index is 12.2. The number of nitrogens with two attached hydrogens (primary N) is 1. The van der Waals surface area contributed by atoms with E-state index in [0.29, 0.717) is 24.2 Å². The molecule has 0 aromatic heterocycles. The van der Waals surface area contributed by atoms with Crippen molar-refractivity contribution in [2.45, 2.75) is 32.0 Å². The summed E-state index contributed by atoms with van der Waals surface area (Å²) in [5.74, 6) is -0.471. The minimum atomic E-state index is -0.502. The summed E-state index contributed by atoms with van der Waals surface area (Å²) in [5, 5.41) is 5.34. The zero-order valence-corrected chi connectivity index (χ0v) is 12.3. The van der Waals surface area contributed by atoms with Gasteiger partial charge in [0.1, 0.15) is 6.10 Å². The first-order valence-electron chi connectivity index (χ1n) is 7.04. The Balaban J connectivity index is 2.12. The van der Waals surface area contributed by atoms with E-state index in [9.17, 15) is 9.59 Å². The van der Waals surface area contributed by atoms with E-state index >= 15 is 0 Å². The van der Waals surface area contributed by atoms with Crippen LogP contribution in [0.15, 0.2) is 18.2 Å². The van der Waals surface area contributed by atoms with Gasteiger partial charge < -0.3 is 21.1 Å². The molecule has 6 nitrogen and oxygen atoms in total. The molecule has 2 atom stereocenters. The van der Waals surface area contributed by atoms with E-state index in [2.05, 4.69) is 10.6 Å². The zero-order valence-electron chi connectivity index (χ0n) is 12.3. The monoisotopic (exact) mass is 291 g/mol. The molecule has 1 aromatic rings. The average Bonchev–Trinajstić information content (AvgIpc) is 2.97. The Morgan fingerprint density at radius 2 is 2.14 bits per heavy atom. The van der Waals surface area contributed by atoms with Crippen molar-refractivity contribution in [1.82, 2.24) is 5.32 Å². The van der Waals surface area contributed by atoms with Gasteiger partial charge in [0.2, 0.25) is 0 Å². The van der Waals surface area contributed by atoms with Crippen molar-refractivity contribution in [3.8, 4) is 0 Å². The van der Waals surface area contributed by atoms with Crippen molar-refractivity contribution in [3.05, 3.63) is 29.3 Å². The van der Waals surface area contributed by atoms with Crippen LogP contribution in [0.5, 0.6) is 0 Å². The fraction of sp³-hybridized carbons (Fsp3) is 0.467. The first-order chi connectivity index (χ1) is 10.0. The summed E-state index contributed by atoms with van der Waals surface area (Å²) in [6.45, 7) is 2.31. The number of anilines is 1. The molecule has 2 amide bonds. The highest BCUT2D eigenvalue weighted by Crippen LogP contribution is 2.22. The van der Waals surface area contributed by atoms with E-state index in [1.54, 1.807) is 19.2 Å². The van der Waals surface area contributed by atoms with Crippen molar-refractivity contribution >= 4 is 17.5 Å². The van der Waals surface area contributed by atoms with E-state index in [1.165, 1.54) is 0 Å². The molecule has 0 saturated carbocycles. The van der Waals surface area contributed by atoms with Gasteiger partial charge in [0.05, 0.1) is 17.4 Å². The van der Waals surface area contributed by atoms with Gasteiger partial charge in [-0.3, -0.25) is 9.59 Å². The standard InChI is InChI=1S/C15H21N3O3/c1-9-3-5-12(11(7-9)14(19)17-2)18-15(20)13-6-4-10(8-16)21-13/h3,5,7,10,13H,4,6,8,16H2,1-2H3,(H,17,19)(H,18,20)/t10-,13+/m1/s1. The molecule has 114 valence electrons. The van der Waals surface area contributed by atoms with Crippen LogP contribution >= 0.6 is 0 Å². The van der Waals surface area contributed by atoms with Gasteiger partial charge >= 0.3 is 0 Å². The lowest BCUT2D eigenvalue weighted by Gasteiger charge is -2.15. The third kappa shape index (κ3) is 3.59. The summed E-state index contributed by atoms with van der Waals surface area (Å²) < 4.78 is 5.56. The Labute approximate surface area is 124 Å². The van der Waals surface area contributed by atoms with Crippen molar-refractivity contribution in [2.75, 3.05) is 18.9 Å². The highest BCUT2D eigenvalue weighted by atomic mass is 16.5. The molecule has 1 aromatic carbocycles. The molecule has 1 heterocycles. The molecule has 21 heavy (non-hydrogen) atoms. The van der Waals surface area contributed by atoms with Gasteiger partial charge in [0, 0.05) is 13.6 Å². The molecule has 2 rings (SSSR count). The molecule has 0 spiro atoms. The SMILES string of the molecule is CNC(=O)c1cc(C)ccc1NC(=O)[C@@H]1CC[C@H](CN)O1. The summed E-state index contributed by atoms with van der Waals surface area (Å²) >= 11 is 0. The molecule has 0 radical (unpaired) electrons. The number of benzene rings is 1. The molecule has 4 N–H and O–H groups in total. The van der Waals surface area contributed by atoms with Gasteiger partial charge in [-0.15, -0.1) is 0 Å². The molecule has 1 saturated heterocycles. The fourth-order valence-corrected chi connectivity index (χ4v) is 2.37. The molecule has 0 unspecified atom stereocenters. The normalized spacial score (nSPS) is 21.1. The second-order valence-corrected chi connectivity index (χ2v) is 5.18. The summed E-state index contributed by atoms with van der Waals surface area (Å²) in [6.07, 6.45) is 0.870. The topological polar surface area (TPSA) is 93.5 Å². The van der Waals surface area contributed by atoms with Crippen LogP contribution in [0.1, 0.15) is 28.8 Å². The first-order valence-corrected chi connectivity index (χ1v) is 7.04. The largest absolute Gasteiger partial charge is 0.364 e. The Kier molecular flexibility index (Phi) is 4.93. The quantitative estimate of drug-likeness (QED) is 0.765. The van der Waals surface area contributed by atoms with Gasteiger partial charge in [-0.2, -0.15) is 0 Å². The van der Waals surface area contributed by atoms with E-state index in [-0.39, 0.29) is 17.9 Å². The van der Waals surface area contributed by atoms with Crippen LogP contribution in [0.3, 0.4) is 0 Å². The fourth-order valence-electron chi connectivity index (χ4n) is 2.37. The Bertz CT molecular complexity index is 545. The van der Waals surface area contributed by atoms with Gasteiger partial charge in [0.25, 0.3) is 11.8 Å².